The van der Waals surface area contributed by atoms with Crippen LogP contribution >= 0.6 is 0 Å². The zero-order chi connectivity index (χ0) is 29.7. The van der Waals surface area contributed by atoms with E-state index in [2.05, 4.69) is 139 Å². The Morgan fingerprint density at radius 2 is 0.818 bits per heavy atom. The standard InChI is InChI=1S/C41H34N2O/c44-41(40-22-13-23-42-40)43(38-26-34(30-14-5-1-6-15-30)24-35(27-38)31-16-7-2-8-17-31)39-28-36(32-18-9-3-10-19-32)25-37(29-39)33-20-11-4-12-21-33/h1-12,14-21,24-29,40,42H,13,22-23H2/t40-/m0/s1. The van der Waals surface area contributed by atoms with Gasteiger partial charge in [0.15, 0.2) is 0 Å². The number of carbonyl (C=O) groups excluding carboxylic acids is 1. The minimum atomic E-state index is -0.240. The molecule has 0 unspecified atom stereocenters. The quantitative estimate of drug-likeness (QED) is 0.207. The Morgan fingerprint density at radius 1 is 0.477 bits per heavy atom. The van der Waals surface area contributed by atoms with Gasteiger partial charge in [0.25, 0.3) is 0 Å². The summed E-state index contributed by atoms with van der Waals surface area (Å²) < 4.78 is 0. The Balaban J connectivity index is 1.47. The van der Waals surface area contributed by atoms with Crippen LogP contribution in [0.4, 0.5) is 11.4 Å². The highest BCUT2D eigenvalue weighted by molar-refractivity contribution is 6.06. The number of anilines is 2. The molecule has 0 aromatic heterocycles. The summed E-state index contributed by atoms with van der Waals surface area (Å²) in [6.07, 6.45) is 1.81. The van der Waals surface area contributed by atoms with Crippen LogP contribution in [0.3, 0.4) is 0 Å². The SMILES string of the molecule is O=C([C@@H]1CCCN1)N(c1cc(-c2ccccc2)cc(-c2ccccc2)c1)c1cc(-c2ccccc2)cc(-c2ccccc2)c1. The minimum absolute atomic E-state index is 0.0657. The molecule has 0 radical (unpaired) electrons. The fraction of sp³-hybridized carbons (Fsp3) is 0.0976. The number of benzene rings is 6. The van der Waals surface area contributed by atoms with E-state index < -0.39 is 0 Å². The third-order valence-corrected chi connectivity index (χ3v) is 8.36. The van der Waals surface area contributed by atoms with Crippen LogP contribution in [-0.4, -0.2) is 18.5 Å². The van der Waals surface area contributed by atoms with Gasteiger partial charge in [-0.2, -0.15) is 0 Å². The molecule has 1 amide bonds. The van der Waals surface area contributed by atoms with Gasteiger partial charge in [0, 0.05) is 0 Å². The molecule has 1 saturated heterocycles. The topological polar surface area (TPSA) is 32.3 Å². The van der Waals surface area contributed by atoms with Crippen molar-refractivity contribution in [2.75, 3.05) is 11.4 Å². The van der Waals surface area contributed by atoms with Gasteiger partial charge in [-0.1, -0.05) is 121 Å². The fourth-order valence-electron chi connectivity index (χ4n) is 6.12. The molecule has 44 heavy (non-hydrogen) atoms. The Hall–Kier alpha value is -5.25. The summed E-state index contributed by atoms with van der Waals surface area (Å²) in [5.41, 5.74) is 10.4. The Morgan fingerprint density at radius 3 is 1.11 bits per heavy atom. The van der Waals surface area contributed by atoms with Gasteiger partial charge in [0.1, 0.15) is 0 Å². The number of carbonyl (C=O) groups is 1. The highest BCUT2D eigenvalue weighted by Gasteiger charge is 2.30. The first kappa shape index (κ1) is 27.6. The lowest BCUT2D eigenvalue weighted by atomic mass is 9.95. The van der Waals surface area contributed by atoms with Crippen LogP contribution in [0, 0.1) is 0 Å². The molecule has 1 N–H and O–H groups in total. The molecule has 1 atom stereocenters. The maximum Gasteiger partial charge on any atom is 0.248 e. The molecule has 6 aromatic rings. The molecule has 1 fully saturated rings. The summed E-state index contributed by atoms with van der Waals surface area (Å²) in [7, 11) is 0. The average Bonchev–Trinajstić information content (AvgIpc) is 3.65. The van der Waals surface area contributed by atoms with Crippen molar-refractivity contribution in [1.29, 1.82) is 0 Å². The van der Waals surface area contributed by atoms with Gasteiger partial charge in [-0.05, 0) is 100 Å². The van der Waals surface area contributed by atoms with E-state index in [1.165, 1.54) is 0 Å². The molecule has 6 aromatic carbocycles. The number of nitrogens with one attached hydrogen (secondary N) is 1. The van der Waals surface area contributed by atoms with E-state index in [9.17, 15) is 4.79 Å². The lowest BCUT2D eigenvalue weighted by Crippen LogP contribution is -2.41. The second-order valence-electron chi connectivity index (χ2n) is 11.3. The van der Waals surface area contributed by atoms with E-state index in [1.807, 2.05) is 29.2 Å². The van der Waals surface area contributed by atoms with Crippen LogP contribution < -0.4 is 10.2 Å². The van der Waals surface area contributed by atoms with Crippen molar-refractivity contribution in [2.24, 2.45) is 0 Å². The summed E-state index contributed by atoms with van der Waals surface area (Å²) in [5.74, 6) is 0.0657. The maximum absolute atomic E-state index is 14.6. The van der Waals surface area contributed by atoms with Gasteiger partial charge in [-0.3, -0.25) is 9.69 Å². The largest absolute Gasteiger partial charge is 0.306 e. The molecule has 1 heterocycles. The van der Waals surface area contributed by atoms with Crippen molar-refractivity contribution in [1.82, 2.24) is 5.32 Å². The van der Waals surface area contributed by atoms with Crippen molar-refractivity contribution < 1.29 is 4.79 Å². The van der Waals surface area contributed by atoms with Crippen LogP contribution in [0.15, 0.2) is 158 Å². The number of nitrogens with zero attached hydrogens (tertiary/aromatic N) is 1. The number of amides is 1. The van der Waals surface area contributed by atoms with Gasteiger partial charge in [-0.25, -0.2) is 0 Å². The van der Waals surface area contributed by atoms with Crippen LogP contribution in [-0.2, 0) is 4.79 Å². The van der Waals surface area contributed by atoms with Crippen LogP contribution in [0.5, 0.6) is 0 Å². The summed E-state index contributed by atoms with van der Waals surface area (Å²) >= 11 is 0. The van der Waals surface area contributed by atoms with Crippen LogP contribution in [0.1, 0.15) is 12.8 Å². The summed E-state index contributed by atoms with van der Waals surface area (Å²) in [5, 5.41) is 3.47. The first-order valence-corrected chi connectivity index (χ1v) is 15.3. The average molecular weight is 571 g/mol. The molecule has 0 bridgehead atoms. The number of hydrogen-bond donors (Lipinski definition) is 1. The lowest BCUT2D eigenvalue weighted by Gasteiger charge is -2.28. The van der Waals surface area contributed by atoms with Crippen molar-refractivity contribution in [3.63, 3.8) is 0 Å². The molecule has 0 saturated carbocycles. The second kappa shape index (κ2) is 12.5. The lowest BCUT2D eigenvalue weighted by molar-refractivity contribution is -0.119. The summed E-state index contributed by atoms with van der Waals surface area (Å²) in [6, 6.07) is 54.5. The van der Waals surface area contributed by atoms with E-state index in [1.54, 1.807) is 0 Å². The monoisotopic (exact) mass is 570 g/mol. The minimum Gasteiger partial charge on any atom is -0.306 e. The van der Waals surface area contributed by atoms with Gasteiger partial charge >= 0.3 is 0 Å². The molecule has 1 aliphatic heterocycles. The van der Waals surface area contributed by atoms with Crippen LogP contribution in [0.2, 0.25) is 0 Å². The molecular weight excluding hydrogens is 536 g/mol. The number of rotatable bonds is 7. The fourth-order valence-corrected chi connectivity index (χ4v) is 6.12. The van der Waals surface area contributed by atoms with E-state index in [4.69, 9.17) is 0 Å². The molecule has 7 rings (SSSR count). The van der Waals surface area contributed by atoms with Gasteiger partial charge in [-0.15, -0.1) is 0 Å². The van der Waals surface area contributed by atoms with Gasteiger partial charge in [0.2, 0.25) is 5.91 Å². The molecule has 3 heteroatoms. The Bertz CT molecular complexity index is 1620. The zero-order valence-corrected chi connectivity index (χ0v) is 24.6. The van der Waals surface area contributed by atoms with Crippen molar-refractivity contribution in [2.45, 2.75) is 18.9 Å². The maximum atomic E-state index is 14.6. The first-order valence-electron chi connectivity index (χ1n) is 15.3. The summed E-state index contributed by atoms with van der Waals surface area (Å²) in [6.45, 7) is 0.850. The molecule has 214 valence electrons. The van der Waals surface area contributed by atoms with E-state index in [0.717, 1.165) is 75.3 Å². The number of hydrogen-bond acceptors (Lipinski definition) is 2. The molecule has 3 nitrogen and oxygen atoms in total. The predicted molar refractivity (Wildman–Crippen MR) is 183 cm³/mol. The third-order valence-electron chi connectivity index (χ3n) is 8.36. The normalized spacial score (nSPS) is 14.3. The van der Waals surface area contributed by atoms with Crippen LogP contribution in [0.25, 0.3) is 44.5 Å². The molecule has 1 aliphatic rings. The molecular formula is C41H34N2O. The smallest absolute Gasteiger partial charge is 0.248 e. The predicted octanol–water partition coefficient (Wildman–Crippen LogP) is 9.77. The van der Waals surface area contributed by atoms with Crippen molar-refractivity contribution >= 4 is 17.3 Å². The van der Waals surface area contributed by atoms with E-state index >= 15 is 0 Å². The van der Waals surface area contributed by atoms with Crippen molar-refractivity contribution in [3.05, 3.63) is 158 Å². The van der Waals surface area contributed by atoms with E-state index in [0.29, 0.717) is 0 Å². The summed E-state index contributed by atoms with van der Waals surface area (Å²) in [4.78, 5) is 16.5. The molecule has 0 aliphatic carbocycles. The van der Waals surface area contributed by atoms with Gasteiger partial charge in [0.05, 0.1) is 17.4 Å². The van der Waals surface area contributed by atoms with Crippen molar-refractivity contribution in [3.8, 4) is 44.5 Å². The third kappa shape index (κ3) is 5.83. The zero-order valence-electron chi connectivity index (χ0n) is 24.6. The second-order valence-corrected chi connectivity index (χ2v) is 11.3. The Kier molecular flexibility index (Phi) is 7.86. The van der Waals surface area contributed by atoms with E-state index in [-0.39, 0.29) is 11.9 Å². The highest BCUT2D eigenvalue weighted by atomic mass is 16.2. The highest BCUT2D eigenvalue weighted by Crippen LogP contribution is 2.39. The molecule has 0 spiro atoms. The van der Waals surface area contributed by atoms with Gasteiger partial charge < -0.3 is 5.32 Å². The first-order chi connectivity index (χ1) is 21.7. The Labute approximate surface area is 259 Å².